The first kappa shape index (κ1) is 12.8. The Balaban J connectivity index is 2.29. The molecular weight excluding hydrogens is 245 g/mol. The summed E-state index contributed by atoms with van der Waals surface area (Å²) in [6, 6.07) is 4.22. The van der Waals surface area contributed by atoms with Gasteiger partial charge < -0.3 is 15.6 Å². The summed E-state index contributed by atoms with van der Waals surface area (Å²) in [4.78, 5) is 0. The molecule has 0 saturated carbocycles. The van der Waals surface area contributed by atoms with Crippen molar-refractivity contribution in [2.75, 3.05) is 19.8 Å². The Morgan fingerprint density at radius 1 is 1.59 bits per heavy atom. The first-order chi connectivity index (χ1) is 8.09. The third-order valence-electron chi connectivity index (χ3n) is 3.38. The van der Waals surface area contributed by atoms with Gasteiger partial charge in [0.15, 0.2) is 0 Å². The van der Waals surface area contributed by atoms with Crippen molar-refractivity contribution < 1.29 is 14.2 Å². The van der Waals surface area contributed by atoms with E-state index in [2.05, 4.69) is 0 Å². The predicted molar refractivity (Wildman–Crippen MR) is 63.3 cm³/mol. The average Bonchev–Trinajstić information content (AvgIpc) is 2.81. The molecule has 2 rings (SSSR count). The first-order valence-corrected chi connectivity index (χ1v) is 5.88. The highest BCUT2D eigenvalue weighted by Gasteiger charge is 2.41. The Hall–Kier alpha value is -0.680. The molecule has 17 heavy (non-hydrogen) atoms. The lowest BCUT2D eigenvalue weighted by atomic mass is 9.78. The van der Waals surface area contributed by atoms with Crippen LogP contribution in [-0.4, -0.2) is 24.9 Å². The topological polar surface area (TPSA) is 55.5 Å². The van der Waals surface area contributed by atoms with Crippen molar-refractivity contribution in [2.45, 2.75) is 12.5 Å². The molecule has 3 nitrogen and oxygen atoms in total. The zero-order chi connectivity index (χ0) is 12.5. The number of hydrogen-bond donors (Lipinski definition) is 2. The lowest BCUT2D eigenvalue weighted by molar-refractivity contribution is 0.0190. The Bertz CT molecular complexity index is 407. The summed E-state index contributed by atoms with van der Waals surface area (Å²) in [7, 11) is 0. The molecule has 0 aromatic heterocycles. The van der Waals surface area contributed by atoms with Crippen molar-refractivity contribution in [1.29, 1.82) is 0 Å². The molecule has 1 fully saturated rings. The maximum Gasteiger partial charge on any atom is 0.141 e. The number of hydrogen-bond acceptors (Lipinski definition) is 3. The summed E-state index contributed by atoms with van der Waals surface area (Å²) in [5.74, 6) is -0.493. The molecule has 1 aliphatic rings. The van der Waals surface area contributed by atoms with Gasteiger partial charge >= 0.3 is 0 Å². The molecule has 5 heteroatoms. The van der Waals surface area contributed by atoms with Crippen molar-refractivity contribution in [3.8, 4) is 0 Å². The number of rotatable bonds is 3. The lowest BCUT2D eigenvalue weighted by Gasteiger charge is -2.31. The summed E-state index contributed by atoms with van der Waals surface area (Å²) in [6.45, 7) is 1.33. The van der Waals surface area contributed by atoms with E-state index in [0.717, 1.165) is 0 Å². The van der Waals surface area contributed by atoms with Crippen LogP contribution in [0.25, 0.3) is 0 Å². The van der Waals surface area contributed by atoms with Crippen molar-refractivity contribution in [2.24, 2.45) is 11.1 Å². The molecule has 3 N–H and O–H groups in total. The van der Waals surface area contributed by atoms with Gasteiger partial charge in [-0.25, -0.2) is 4.39 Å². The van der Waals surface area contributed by atoms with Crippen LogP contribution < -0.4 is 5.73 Å². The van der Waals surface area contributed by atoms with E-state index in [9.17, 15) is 9.50 Å². The number of aliphatic hydroxyl groups excluding tert-OH is 1. The van der Waals surface area contributed by atoms with E-state index in [0.29, 0.717) is 31.7 Å². The van der Waals surface area contributed by atoms with Crippen LogP contribution in [0.3, 0.4) is 0 Å². The summed E-state index contributed by atoms with van der Waals surface area (Å²) in [5.41, 5.74) is 5.82. The number of halogens is 2. The molecule has 1 aliphatic heterocycles. The first-order valence-electron chi connectivity index (χ1n) is 5.50. The summed E-state index contributed by atoms with van der Waals surface area (Å²) in [5, 5.41) is 10.4. The molecule has 2 unspecified atom stereocenters. The molecule has 1 saturated heterocycles. The van der Waals surface area contributed by atoms with E-state index in [1.165, 1.54) is 18.2 Å². The predicted octanol–water partition coefficient (Wildman–Crippen LogP) is 1.88. The van der Waals surface area contributed by atoms with Crippen LogP contribution in [-0.2, 0) is 4.74 Å². The van der Waals surface area contributed by atoms with E-state index in [-0.39, 0.29) is 5.02 Å². The Labute approximate surface area is 104 Å². The van der Waals surface area contributed by atoms with Crippen molar-refractivity contribution in [3.63, 3.8) is 0 Å². The van der Waals surface area contributed by atoms with Gasteiger partial charge in [0.2, 0.25) is 0 Å². The van der Waals surface area contributed by atoms with Crippen LogP contribution in [0.1, 0.15) is 18.1 Å². The largest absolute Gasteiger partial charge is 0.388 e. The Kier molecular flexibility index (Phi) is 3.68. The van der Waals surface area contributed by atoms with Gasteiger partial charge in [0.25, 0.3) is 0 Å². The number of ether oxygens (including phenoxy) is 1. The third kappa shape index (κ3) is 2.31. The van der Waals surface area contributed by atoms with Gasteiger partial charge in [0.05, 0.1) is 17.7 Å². The van der Waals surface area contributed by atoms with Crippen LogP contribution in [0.15, 0.2) is 18.2 Å². The van der Waals surface area contributed by atoms with E-state index >= 15 is 0 Å². The third-order valence-corrected chi connectivity index (χ3v) is 3.67. The smallest absolute Gasteiger partial charge is 0.141 e. The second-order valence-corrected chi connectivity index (χ2v) is 4.85. The highest BCUT2D eigenvalue weighted by atomic mass is 35.5. The zero-order valence-corrected chi connectivity index (χ0v) is 10.1. The summed E-state index contributed by atoms with van der Waals surface area (Å²) < 4.78 is 18.4. The fourth-order valence-electron chi connectivity index (χ4n) is 2.15. The van der Waals surface area contributed by atoms with Gasteiger partial charge in [-0.3, -0.25) is 0 Å². The van der Waals surface area contributed by atoms with E-state index in [4.69, 9.17) is 22.1 Å². The molecule has 1 heterocycles. The molecular formula is C12H15ClFNO2. The van der Waals surface area contributed by atoms with E-state index in [1.807, 2.05) is 0 Å². The minimum atomic E-state index is -0.784. The molecule has 0 radical (unpaired) electrons. The SMILES string of the molecule is NCC1(C(O)c2ccc(F)c(Cl)c2)CCOC1. The number of benzene rings is 1. The zero-order valence-electron chi connectivity index (χ0n) is 9.33. The Morgan fingerprint density at radius 3 is 2.88 bits per heavy atom. The van der Waals surface area contributed by atoms with Crippen LogP contribution in [0.2, 0.25) is 5.02 Å². The maximum atomic E-state index is 13.1. The second kappa shape index (κ2) is 4.90. The van der Waals surface area contributed by atoms with Crippen LogP contribution in [0.5, 0.6) is 0 Å². The molecule has 0 amide bonds. The van der Waals surface area contributed by atoms with Gasteiger partial charge in [-0.2, -0.15) is 0 Å². The molecule has 0 bridgehead atoms. The van der Waals surface area contributed by atoms with Gasteiger partial charge in [0, 0.05) is 18.6 Å². The van der Waals surface area contributed by atoms with Gasteiger partial charge in [-0.15, -0.1) is 0 Å². The normalized spacial score (nSPS) is 26.1. The number of aliphatic hydroxyl groups is 1. The monoisotopic (exact) mass is 259 g/mol. The van der Waals surface area contributed by atoms with Crippen LogP contribution in [0, 0.1) is 11.2 Å². The minimum absolute atomic E-state index is 0.00707. The summed E-state index contributed by atoms with van der Waals surface area (Å²) in [6.07, 6.45) is -0.0901. The fraction of sp³-hybridized carbons (Fsp3) is 0.500. The number of nitrogens with two attached hydrogens (primary N) is 1. The van der Waals surface area contributed by atoms with Crippen molar-refractivity contribution in [1.82, 2.24) is 0 Å². The lowest BCUT2D eigenvalue weighted by Crippen LogP contribution is -2.37. The van der Waals surface area contributed by atoms with Crippen molar-refractivity contribution in [3.05, 3.63) is 34.6 Å². The molecule has 94 valence electrons. The van der Waals surface area contributed by atoms with E-state index < -0.39 is 17.3 Å². The average molecular weight is 260 g/mol. The highest BCUT2D eigenvalue weighted by Crippen LogP contribution is 2.40. The molecule has 0 spiro atoms. The molecule has 1 aromatic rings. The maximum absolute atomic E-state index is 13.1. The van der Waals surface area contributed by atoms with Crippen molar-refractivity contribution >= 4 is 11.6 Å². The second-order valence-electron chi connectivity index (χ2n) is 4.45. The summed E-state index contributed by atoms with van der Waals surface area (Å²) >= 11 is 5.70. The van der Waals surface area contributed by atoms with Gasteiger partial charge in [-0.05, 0) is 24.1 Å². The highest BCUT2D eigenvalue weighted by molar-refractivity contribution is 6.30. The van der Waals surface area contributed by atoms with Crippen LogP contribution in [0.4, 0.5) is 4.39 Å². The van der Waals surface area contributed by atoms with Gasteiger partial charge in [0.1, 0.15) is 5.82 Å². The van der Waals surface area contributed by atoms with Crippen LogP contribution >= 0.6 is 11.6 Å². The molecule has 1 aromatic carbocycles. The quantitative estimate of drug-likeness (QED) is 0.871. The molecule has 0 aliphatic carbocycles. The van der Waals surface area contributed by atoms with E-state index in [1.54, 1.807) is 0 Å². The standard InChI is InChI=1S/C12H15ClFNO2/c13-9-5-8(1-2-10(9)14)11(16)12(6-15)3-4-17-7-12/h1-2,5,11,16H,3-4,6-7,15H2. The van der Waals surface area contributed by atoms with Gasteiger partial charge in [-0.1, -0.05) is 17.7 Å². The fourth-order valence-corrected chi connectivity index (χ4v) is 2.34. The molecule has 2 atom stereocenters. The Morgan fingerprint density at radius 2 is 2.35 bits per heavy atom. The minimum Gasteiger partial charge on any atom is -0.388 e.